The number of hydrogen-bond acceptors (Lipinski definition) is 7. The number of aliphatic carboxylic acids is 1. The van der Waals surface area contributed by atoms with Crippen molar-refractivity contribution in [3.8, 4) is 11.1 Å². The average molecular weight is 747 g/mol. The molecule has 0 aliphatic carbocycles. The standard InChI is InChI=1S/C44H51N5O6/c1-49(2,32-30-48-42(52)38-15-6-7-16-39(38)43(48)53)31-29-47(35-21-19-33(20-22-35)11-10-18-41(50)51)28-27-46-25-23-36(24-26-46)55-44(54)45-40-17-9-8-14-37(40)34-12-4-3-5-13-34/h3-9,12-17,19-22,36H,10-11,18,23-32H2,1-2H3,(H-,45,50,51,54)/p+1. The fourth-order valence-electron chi connectivity index (χ4n) is 7.27. The highest BCUT2D eigenvalue weighted by atomic mass is 16.6. The second-order valence-electron chi connectivity index (χ2n) is 15.1. The van der Waals surface area contributed by atoms with Crippen LogP contribution < -0.4 is 10.2 Å². The predicted molar refractivity (Wildman–Crippen MR) is 214 cm³/mol. The minimum absolute atomic E-state index is 0.149. The molecule has 0 unspecified atom stereocenters. The van der Waals surface area contributed by atoms with Crippen molar-refractivity contribution in [1.82, 2.24) is 9.80 Å². The van der Waals surface area contributed by atoms with Gasteiger partial charge in [-0.2, -0.15) is 0 Å². The molecule has 6 rings (SSSR count). The molecule has 0 saturated carbocycles. The van der Waals surface area contributed by atoms with Crippen LogP contribution >= 0.6 is 0 Å². The number of carboxylic acid groups (broad SMARTS) is 1. The minimum atomic E-state index is -0.782. The molecule has 1 fully saturated rings. The third-order valence-corrected chi connectivity index (χ3v) is 10.7. The number of nitrogens with one attached hydrogen (secondary N) is 1. The maximum Gasteiger partial charge on any atom is 0.411 e. The molecular weight excluding hydrogens is 695 g/mol. The number of quaternary nitrogens is 1. The highest BCUT2D eigenvalue weighted by Crippen LogP contribution is 2.28. The zero-order valence-corrected chi connectivity index (χ0v) is 31.9. The molecule has 0 radical (unpaired) electrons. The highest BCUT2D eigenvalue weighted by Gasteiger charge is 2.36. The van der Waals surface area contributed by atoms with Crippen LogP contribution in [-0.2, 0) is 16.0 Å². The van der Waals surface area contributed by atoms with Gasteiger partial charge in [0.15, 0.2) is 0 Å². The van der Waals surface area contributed by atoms with Crippen molar-refractivity contribution < 1.29 is 33.5 Å². The van der Waals surface area contributed by atoms with Gasteiger partial charge in [-0.25, -0.2) is 4.79 Å². The van der Waals surface area contributed by atoms with Crippen LogP contribution in [0.25, 0.3) is 11.1 Å². The van der Waals surface area contributed by atoms with Gasteiger partial charge in [0.1, 0.15) is 6.10 Å². The van der Waals surface area contributed by atoms with Crippen molar-refractivity contribution in [3.05, 3.63) is 120 Å². The fraction of sp³-hybridized carbons (Fsp3) is 0.364. The number of likely N-dealkylation sites (tertiary alicyclic amines) is 1. The van der Waals surface area contributed by atoms with E-state index in [-0.39, 0.29) is 24.3 Å². The lowest BCUT2D eigenvalue weighted by atomic mass is 10.0. The summed E-state index contributed by atoms with van der Waals surface area (Å²) >= 11 is 0. The van der Waals surface area contributed by atoms with E-state index in [1.54, 1.807) is 24.3 Å². The van der Waals surface area contributed by atoms with Crippen LogP contribution in [0.3, 0.4) is 0 Å². The molecule has 3 amide bonds. The van der Waals surface area contributed by atoms with Crippen molar-refractivity contribution in [2.75, 3.05) is 76.7 Å². The topological polar surface area (TPSA) is 119 Å². The van der Waals surface area contributed by atoms with E-state index in [1.807, 2.05) is 54.6 Å². The number of fused-ring (bicyclic) bond motifs is 1. The van der Waals surface area contributed by atoms with Gasteiger partial charge in [-0.3, -0.25) is 24.6 Å². The van der Waals surface area contributed by atoms with E-state index in [4.69, 9.17) is 9.84 Å². The van der Waals surface area contributed by atoms with Crippen LogP contribution in [0.4, 0.5) is 16.2 Å². The molecule has 288 valence electrons. The first-order chi connectivity index (χ1) is 26.6. The van der Waals surface area contributed by atoms with E-state index in [9.17, 15) is 19.2 Å². The summed E-state index contributed by atoms with van der Waals surface area (Å²) in [6.45, 7) is 5.79. The summed E-state index contributed by atoms with van der Waals surface area (Å²) in [6, 6.07) is 33.1. The van der Waals surface area contributed by atoms with E-state index in [1.165, 1.54) is 4.90 Å². The van der Waals surface area contributed by atoms with E-state index in [2.05, 4.69) is 53.5 Å². The van der Waals surface area contributed by atoms with Gasteiger partial charge in [-0.05, 0) is 67.1 Å². The number of imide groups is 1. The van der Waals surface area contributed by atoms with Crippen LogP contribution in [0.15, 0.2) is 103 Å². The Hall–Kier alpha value is -5.52. The van der Waals surface area contributed by atoms with Crippen molar-refractivity contribution >= 4 is 35.3 Å². The molecule has 1 saturated heterocycles. The number of carbonyl (C=O) groups excluding carboxylic acids is 3. The summed E-state index contributed by atoms with van der Waals surface area (Å²) in [7, 11) is 4.26. The van der Waals surface area contributed by atoms with Crippen molar-refractivity contribution in [2.45, 2.75) is 38.2 Å². The number of ether oxygens (including phenoxy) is 1. The molecule has 0 bridgehead atoms. The summed E-state index contributed by atoms with van der Waals surface area (Å²) in [5.74, 6) is -1.24. The molecule has 0 spiro atoms. The van der Waals surface area contributed by atoms with Gasteiger partial charge in [0.25, 0.3) is 11.8 Å². The number of anilines is 2. The number of piperidine rings is 1. The number of amides is 3. The Bertz CT molecular complexity index is 1910. The lowest BCUT2D eigenvalue weighted by Crippen LogP contribution is -2.51. The van der Waals surface area contributed by atoms with Crippen LogP contribution in [0.5, 0.6) is 0 Å². The Labute approximate surface area is 323 Å². The summed E-state index contributed by atoms with van der Waals surface area (Å²) in [4.78, 5) is 56.1. The zero-order valence-electron chi connectivity index (χ0n) is 31.9. The molecule has 2 aliphatic heterocycles. The van der Waals surface area contributed by atoms with Crippen LogP contribution in [0.1, 0.15) is 52.0 Å². The molecule has 11 heteroatoms. The molecule has 2 N–H and O–H groups in total. The SMILES string of the molecule is C[N+](C)(CCN1C(=O)c2ccccc2C1=O)CCN(CCN1CCC(OC(=O)Nc2ccccc2-c2ccccc2)CC1)c1ccc(CCCC(=O)O)cc1. The van der Waals surface area contributed by atoms with Gasteiger partial charge in [0.05, 0.1) is 57.1 Å². The van der Waals surface area contributed by atoms with Gasteiger partial charge < -0.3 is 24.1 Å². The van der Waals surface area contributed by atoms with E-state index < -0.39 is 12.1 Å². The Morgan fingerprint density at radius 3 is 2.05 bits per heavy atom. The van der Waals surface area contributed by atoms with E-state index in [0.717, 1.165) is 80.2 Å². The fourth-order valence-corrected chi connectivity index (χ4v) is 7.27. The Balaban J connectivity index is 1.02. The number of likely N-dealkylation sites (N-methyl/N-ethyl adjacent to an activating group) is 1. The molecule has 0 atom stereocenters. The number of rotatable bonds is 17. The summed E-state index contributed by atoms with van der Waals surface area (Å²) < 4.78 is 6.50. The molecule has 2 heterocycles. The molecular formula is C44H52N5O6+. The number of carboxylic acids is 1. The molecule has 4 aromatic carbocycles. The van der Waals surface area contributed by atoms with Crippen molar-refractivity contribution in [2.24, 2.45) is 0 Å². The van der Waals surface area contributed by atoms with E-state index >= 15 is 0 Å². The Morgan fingerprint density at radius 1 is 0.782 bits per heavy atom. The van der Waals surface area contributed by atoms with Gasteiger partial charge >= 0.3 is 12.1 Å². The Morgan fingerprint density at radius 2 is 1.40 bits per heavy atom. The average Bonchev–Trinajstić information content (AvgIpc) is 3.43. The lowest BCUT2D eigenvalue weighted by molar-refractivity contribution is -0.888. The van der Waals surface area contributed by atoms with Crippen molar-refractivity contribution in [3.63, 3.8) is 0 Å². The predicted octanol–water partition coefficient (Wildman–Crippen LogP) is 6.65. The number of para-hydroxylation sites is 1. The van der Waals surface area contributed by atoms with Crippen LogP contribution in [-0.4, -0.2) is 116 Å². The van der Waals surface area contributed by atoms with Gasteiger partial charge in [0.2, 0.25) is 0 Å². The van der Waals surface area contributed by atoms with Crippen LogP contribution in [0.2, 0.25) is 0 Å². The summed E-state index contributed by atoms with van der Waals surface area (Å²) in [5, 5.41) is 12.0. The maximum atomic E-state index is 13.0. The first-order valence-corrected chi connectivity index (χ1v) is 19.2. The van der Waals surface area contributed by atoms with Gasteiger partial charge in [0, 0.05) is 43.9 Å². The zero-order chi connectivity index (χ0) is 38.8. The quantitative estimate of drug-likeness (QED) is 0.0911. The number of benzene rings is 4. The Kier molecular flexibility index (Phi) is 13.0. The molecule has 0 aromatic heterocycles. The second kappa shape index (κ2) is 18.2. The minimum Gasteiger partial charge on any atom is -0.481 e. The molecule has 4 aromatic rings. The molecule has 2 aliphatic rings. The third-order valence-electron chi connectivity index (χ3n) is 10.7. The number of hydrogen-bond donors (Lipinski definition) is 2. The summed E-state index contributed by atoms with van der Waals surface area (Å²) in [5.41, 5.74) is 5.82. The van der Waals surface area contributed by atoms with Gasteiger partial charge in [-0.15, -0.1) is 0 Å². The van der Waals surface area contributed by atoms with Crippen LogP contribution in [0, 0.1) is 0 Å². The van der Waals surface area contributed by atoms with E-state index in [0.29, 0.717) is 41.5 Å². The normalized spacial score (nSPS) is 14.8. The molecule has 55 heavy (non-hydrogen) atoms. The number of carbonyl (C=O) groups is 4. The third kappa shape index (κ3) is 10.6. The number of aryl methyl sites for hydroxylation is 1. The largest absolute Gasteiger partial charge is 0.481 e. The second-order valence-corrected chi connectivity index (χ2v) is 15.1. The smallest absolute Gasteiger partial charge is 0.411 e. The molecule has 11 nitrogen and oxygen atoms in total. The highest BCUT2D eigenvalue weighted by molar-refractivity contribution is 6.21. The van der Waals surface area contributed by atoms with Gasteiger partial charge in [-0.1, -0.05) is 72.8 Å². The first kappa shape index (κ1) is 39.2. The van der Waals surface area contributed by atoms with Crippen molar-refractivity contribution in [1.29, 1.82) is 0 Å². The lowest BCUT2D eigenvalue weighted by Gasteiger charge is -2.36. The number of nitrogens with zero attached hydrogens (tertiary/aromatic N) is 4. The maximum absolute atomic E-state index is 13.0. The monoisotopic (exact) mass is 746 g/mol. The first-order valence-electron chi connectivity index (χ1n) is 19.2. The summed E-state index contributed by atoms with van der Waals surface area (Å²) in [6.07, 6.45) is 2.35.